The van der Waals surface area contributed by atoms with Crippen LogP contribution in [0.15, 0.2) is 18.2 Å². The van der Waals surface area contributed by atoms with E-state index < -0.39 is 27.3 Å². The number of aliphatic hydroxyl groups is 1. The van der Waals surface area contributed by atoms with Gasteiger partial charge in [-0.1, -0.05) is 11.8 Å². The van der Waals surface area contributed by atoms with Gasteiger partial charge in [-0.3, -0.25) is 4.79 Å². The number of nitrogens with one attached hydrogen (secondary N) is 1. The second-order valence-electron chi connectivity index (χ2n) is 4.08. The summed E-state index contributed by atoms with van der Waals surface area (Å²) in [6.45, 7) is -0.127. The molecule has 5 nitrogen and oxygen atoms in total. The quantitative estimate of drug-likeness (QED) is 0.795. The number of amides is 1. The van der Waals surface area contributed by atoms with Gasteiger partial charge in [-0.15, -0.1) is 0 Å². The molecule has 1 amide bonds. The van der Waals surface area contributed by atoms with Gasteiger partial charge in [-0.2, -0.15) is 0 Å². The number of hydrogen-bond acceptors (Lipinski definition) is 4. The zero-order valence-electron chi connectivity index (χ0n) is 10.8. The summed E-state index contributed by atoms with van der Waals surface area (Å²) in [6, 6.07) is 3.56. The standard InChI is InChI=1S/C13H14FNO4S/c1-20(18,19)9-13(17)15-12-6-5-11(14)8-10(12)4-2-3-7-16/h5-6,8,16H,3,7,9H2,1H3,(H,15,17). The van der Waals surface area contributed by atoms with Crippen LogP contribution < -0.4 is 5.32 Å². The molecule has 1 aromatic rings. The molecule has 0 heterocycles. The van der Waals surface area contributed by atoms with Crippen LogP contribution in [0.5, 0.6) is 0 Å². The zero-order chi connectivity index (χ0) is 15.2. The van der Waals surface area contributed by atoms with Crippen LogP contribution in [0.4, 0.5) is 10.1 Å². The van der Waals surface area contributed by atoms with E-state index in [4.69, 9.17) is 5.11 Å². The van der Waals surface area contributed by atoms with Crippen molar-refractivity contribution in [1.82, 2.24) is 0 Å². The number of sulfone groups is 1. The first-order chi connectivity index (χ1) is 9.31. The van der Waals surface area contributed by atoms with Crippen molar-refractivity contribution in [3.8, 4) is 11.8 Å². The van der Waals surface area contributed by atoms with Gasteiger partial charge in [0.15, 0.2) is 9.84 Å². The number of aliphatic hydroxyl groups excluding tert-OH is 1. The molecule has 20 heavy (non-hydrogen) atoms. The fourth-order valence-electron chi connectivity index (χ4n) is 1.37. The van der Waals surface area contributed by atoms with Gasteiger partial charge in [0.1, 0.15) is 11.6 Å². The second kappa shape index (κ2) is 7.03. The topological polar surface area (TPSA) is 83.5 Å². The Bertz CT molecular complexity index is 659. The summed E-state index contributed by atoms with van der Waals surface area (Å²) in [7, 11) is -3.44. The fourth-order valence-corrected chi connectivity index (χ4v) is 1.92. The highest BCUT2D eigenvalue weighted by molar-refractivity contribution is 7.91. The van der Waals surface area contributed by atoms with E-state index in [9.17, 15) is 17.6 Å². The maximum atomic E-state index is 13.1. The van der Waals surface area contributed by atoms with Crippen LogP contribution in [0, 0.1) is 17.7 Å². The minimum Gasteiger partial charge on any atom is -0.395 e. The summed E-state index contributed by atoms with van der Waals surface area (Å²) in [5, 5.41) is 11.0. The maximum Gasteiger partial charge on any atom is 0.239 e. The molecule has 0 aliphatic heterocycles. The van der Waals surface area contributed by atoms with Crippen LogP contribution in [0.25, 0.3) is 0 Å². The van der Waals surface area contributed by atoms with Gasteiger partial charge in [0, 0.05) is 12.7 Å². The summed E-state index contributed by atoms with van der Waals surface area (Å²) < 4.78 is 35.1. The summed E-state index contributed by atoms with van der Waals surface area (Å²) in [5.41, 5.74) is 0.450. The van der Waals surface area contributed by atoms with Crippen molar-refractivity contribution in [3.63, 3.8) is 0 Å². The lowest BCUT2D eigenvalue weighted by Crippen LogP contribution is -2.22. The third-order valence-corrected chi connectivity index (χ3v) is 2.90. The summed E-state index contributed by atoms with van der Waals surface area (Å²) in [6.07, 6.45) is 1.16. The highest BCUT2D eigenvalue weighted by atomic mass is 32.2. The van der Waals surface area contributed by atoms with Gasteiger partial charge < -0.3 is 10.4 Å². The van der Waals surface area contributed by atoms with Crippen LogP contribution in [0.3, 0.4) is 0 Å². The van der Waals surface area contributed by atoms with E-state index in [-0.39, 0.29) is 24.3 Å². The summed E-state index contributed by atoms with van der Waals surface area (Å²) in [5.74, 6) is 3.31. The van der Waals surface area contributed by atoms with Gasteiger partial charge in [0.25, 0.3) is 0 Å². The van der Waals surface area contributed by atoms with E-state index in [0.717, 1.165) is 18.4 Å². The van der Waals surface area contributed by atoms with Gasteiger partial charge in [-0.05, 0) is 18.2 Å². The van der Waals surface area contributed by atoms with Crippen molar-refractivity contribution in [2.45, 2.75) is 6.42 Å². The lowest BCUT2D eigenvalue weighted by molar-refractivity contribution is -0.113. The third kappa shape index (κ3) is 5.82. The molecule has 2 N–H and O–H groups in total. The molecule has 1 aromatic carbocycles. The number of carbonyl (C=O) groups is 1. The molecule has 1 rings (SSSR count). The van der Waals surface area contributed by atoms with Crippen molar-refractivity contribution >= 4 is 21.4 Å². The van der Waals surface area contributed by atoms with Gasteiger partial charge >= 0.3 is 0 Å². The van der Waals surface area contributed by atoms with Crippen molar-refractivity contribution in [1.29, 1.82) is 0 Å². The van der Waals surface area contributed by atoms with E-state index in [2.05, 4.69) is 17.2 Å². The predicted octanol–water partition coefficient (Wildman–Crippen LogP) is 0.543. The van der Waals surface area contributed by atoms with Crippen LogP contribution >= 0.6 is 0 Å². The molecule has 108 valence electrons. The minimum absolute atomic E-state index is 0.127. The van der Waals surface area contributed by atoms with Gasteiger partial charge in [0.2, 0.25) is 5.91 Å². The zero-order valence-corrected chi connectivity index (χ0v) is 11.6. The van der Waals surface area contributed by atoms with Gasteiger partial charge in [0.05, 0.1) is 17.9 Å². The molecule has 0 bridgehead atoms. The molecular formula is C13H14FNO4S. The van der Waals surface area contributed by atoms with E-state index in [1.807, 2.05) is 0 Å². The molecular weight excluding hydrogens is 285 g/mol. The number of rotatable bonds is 4. The Kier molecular flexibility index (Phi) is 5.67. The lowest BCUT2D eigenvalue weighted by Gasteiger charge is -2.07. The van der Waals surface area contributed by atoms with Crippen molar-refractivity contribution < 1.29 is 22.7 Å². The smallest absolute Gasteiger partial charge is 0.239 e. The molecule has 0 aromatic heterocycles. The van der Waals surface area contributed by atoms with E-state index >= 15 is 0 Å². The first-order valence-corrected chi connectivity index (χ1v) is 7.75. The molecule has 0 aliphatic rings. The largest absolute Gasteiger partial charge is 0.395 e. The Morgan fingerprint density at radius 3 is 2.75 bits per heavy atom. The Hall–Kier alpha value is -1.91. The van der Waals surface area contributed by atoms with Crippen molar-refractivity contribution in [3.05, 3.63) is 29.6 Å². The molecule has 0 radical (unpaired) electrons. The SMILES string of the molecule is CS(=O)(=O)CC(=O)Nc1ccc(F)cc1C#CCCO. The molecule has 0 fully saturated rings. The van der Waals surface area contributed by atoms with Crippen molar-refractivity contribution in [2.75, 3.05) is 23.9 Å². The number of benzene rings is 1. The molecule has 0 unspecified atom stereocenters. The molecule has 0 saturated carbocycles. The number of anilines is 1. The molecule has 7 heteroatoms. The number of hydrogen-bond donors (Lipinski definition) is 2. The lowest BCUT2D eigenvalue weighted by atomic mass is 10.1. The number of halogens is 1. The summed E-state index contributed by atoms with van der Waals surface area (Å²) in [4.78, 5) is 11.5. The van der Waals surface area contributed by atoms with Crippen LogP contribution in [-0.4, -0.2) is 38.0 Å². The Labute approximate surface area is 116 Å². The van der Waals surface area contributed by atoms with E-state index in [0.29, 0.717) is 0 Å². The third-order valence-electron chi connectivity index (χ3n) is 2.11. The Balaban J connectivity index is 2.95. The molecule has 0 atom stereocenters. The first-order valence-electron chi connectivity index (χ1n) is 5.68. The van der Waals surface area contributed by atoms with Gasteiger partial charge in [-0.25, -0.2) is 12.8 Å². The predicted molar refractivity (Wildman–Crippen MR) is 73.3 cm³/mol. The minimum atomic E-state index is -3.44. The highest BCUT2D eigenvalue weighted by Gasteiger charge is 2.12. The first kappa shape index (κ1) is 16.1. The Morgan fingerprint density at radius 2 is 2.15 bits per heavy atom. The molecule has 0 spiro atoms. The highest BCUT2D eigenvalue weighted by Crippen LogP contribution is 2.16. The van der Waals surface area contributed by atoms with E-state index in [1.165, 1.54) is 6.07 Å². The van der Waals surface area contributed by atoms with E-state index in [1.54, 1.807) is 0 Å². The normalized spacial score (nSPS) is 10.6. The van der Waals surface area contributed by atoms with Crippen molar-refractivity contribution in [2.24, 2.45) is 0 Å². The number of carbonyl (C=O) groups excluding carboxylic acids is 1. The maximum absolute atomic E-state index is 13.1. The van der Waals surface area contributed by atoms with Crippen LogP contribution in [-0.2, 0) is 14.6 Å². The fraction of sp³-hybridized carbons (Fsp3) is 0.308. The Morgan fingerprint density at radius 1 is 1.45 bits per heavy atom. The average Bonchev–Trinajstić information content (AvgIpc) is 2.30. The molecule has 0 aliphatic carbocycles. The summed E-state index contributed by atoms with van der Waals surface area (Å²) >= 11 is 0. The van der Waals surface area contributed by atoms with Crippen LogP contribution in [0.1, 0.15) is 12.0 Å². The molecule has 0 saturated heterocycles. The second-order valence-corrected chi connectivity index (χ2v) is 6.22. The van der Waals surface area contributed by atoms with Crippen LogP contribution in [0.2, 0.25) is 0 Å². The average molecular weight is 299 g/mol. The monoisotopic (exact) mass is 299 g/mol.